The van der Waals surface area contributed by atoms with Crippen molar-refractivity contribution in [3.05, 3.63) is 51.2 Å². The van der Waals surface area contributed by atoms with E-state index in [9.17, 15) is 13.2 Å². The van der Waals surface area contributed by atoms with Crippen LogP contribution in [0.5, 0.6) is 0 Å². The van der Waals surface area contributed by atoms with Gasteiger partial charge in [0, 0.05) is 26.2 Å². The number of thiophene rings is 1. The summed E-state index contributed by atoms with van der Waals surface area (Å²) in [6.45, 7) is 7.28. The number of benzene rings is 1. The Kier molecular flexibility index (Phi) is 4.99. The van der Waals surface area contributed by atoms with Crippen molar-refractivity contribution in [2.24, 2.45) is 0 Å². The summed E-state index contributed by atoms with van der Waals surface area (Å²) in [5, 5.41) is 1.91. The Morgan fingerprint density at radius 3 is 2.20 bits per heavy atom. The zero-order chi connectivity index (χ0) is 18.2. The lowest BCUT2D eigenvalue weighted by molar-refractivity contribution is 0.0702. The number of carbonyl (C=O) groups excluding carboxylic acids is 1. The summed E-state index contributed by atoms with van der Waals surface area (Å²) in [7, 11) is -3.51. The molecule has 0 aliphatic carbocycles. The van der Waals surface area contributed by atoms with Crippen molar-refractivity contribution in [3.63, 3.8) is 0 Å². The van der Waals surface area contributed by atoms with Crippen LogP contribution in [0.25, 0.3) is 0 Å². The van der Waals surface area contributed by atoms with Gasteiger partial charge < -0.3 is 4.90 Å². The molecule has 7 heteroatoms. The van der Waals surface area contributed by atoms with Gasteiger partial charge >= 0.3 is 0 Å². The second-order valence-electron chi connectivity index (χ2n) is 6.38. The third-order valence-corrected chi connectivity index (χ3v) is 7.60. The number of carbonyl (C=O) groups is 1. The Bertz CT molecular complexity index is 895. The Hall–Kier alpha value is -1.70. The summed E-state index contributed by atoms with van der Waals surface area (Å²) in [5.74, 6) is -0.00396. The first-order valence-electron chi connectivity index (χ1n) is 8.21. The number of nitrogens with zero attached hydrogens (tertiary/aromatic N) is 2. The van der Waals surface area contributed by atoms with E-state index >= 15 is 0 Å². The van der Waals surface area contributed by atoms with Crippen LogP contribution in [0.1, 0.15) is 26.4 Å². The summed E-state index contributed by atoms with van der Waals surface area (Å²) in [5.41, 5.74) is 3.00. The molecule has 3 rings (SSSR count). The molecule has 0 saturated carbocycles. The standard InChI is InChI=1S/C18H22N2O3S2/c1-13-4-5-16(12-15(13)3)25(22,23)20-9-7-19(8-10-20)18(21)17-14(2)6-11-24-17/h4-6,11-12H,7-10H2,1-3H3. The van der Waals surface area contributed by atoms with Crippen molar-refractivity contribution in [3.8, 4) is 0 Å². The molecule has 134 valence electrons. The first-order chi connectivity index (χ1) is 11.8. The molecular formula is C18H22N2O3S2. The van der Waals surface area contributed by atoms with Crippen molar-refractivity contribution < 1.29 is 13.2 Å². The molecule has 5 nitrogen and oxygen atoms in total. The maximum Gasteiger partial charge on any atom is 0.264 e. The highest BCUT2D eigenvalue weighted by Crippen LogP contribution is 2.22. The molecule has 1 aromatic carbocycles. The van der Waals surface area contributed by atoms with Gasteiger partial charge in [-0.25, -0.2) is 8.42 Å². The molecule has 1 aliphatic rings. The van der Waals surface area contributed by atoms with Crippen molar-refractivity contribution >= 4 is 27.3 Å². The molecule has 0 unspecified atom stereocenters. The molecule has 1 aromatic heterocycles. The lowest BCUT2D eigenvalue weighted by atomic mass is 10.1. The molecule has 1 amide bonds. The topological polar surface area (TPSA) is 57.7 Å². The fourth-order valence-electron chi connectivity index (χ4n) is 2.89. The summed E-state index contributed by atoms with van der Waals surface area (Å²) in [6, 6.07) is 7.14. The number of sulfonamides is 1. The van der Waals surface area contributed by atoms with Gasteiger partial charge in [-0.05, 0) is 61.0 Å². The van der Waals surface area contributed by atoms with Crippen LogP contribution in [0, 0.1) is 20.8 Å². The van der Waals surface area contributed by atoms with Crippen LogP contribution >= 0.6 is 11.3 Å². The van der Waals surface area contributed by atoms with E-state index in [1.807, 2.05) is 38.3 Å². The zero-order valence-corrected chi connectivity index (χ0v) is 16.3. The number of hydrogen-bond donors (Lipinski definition) is 0. The van der Waals surface area contributed by atoms with E-state index in [4.69, 9.17) is 0 Å². The summed E-state index contributed by atoms with van der Waals surface area (Å²) >= 11 is 1.43. The quantitative estimate of drug-likeness (QED) is 0.825. The molecule has 0 N–H and O–H groups in total. The molecular weight excluding hydrogens is 356 g/mol. The lowest BCUT2D eigenvalue weighted by Gasteiger charge is -2.34. The van der Waals surface area contributed by atoms with Crippen molar-refractivity contribution in [1.82, 2.24) is 9.21 Å². The normalized spacial score (nSPS) is 16.2. The van der Waals surface area contributed by atoms with E-state index in [0.29, 0.717) is 31.1 Å². The fourth-order valence-corrected chi connectivity index (χ4v) is 5.29. The van der Waals surface area contributed by atoms with E-state index in [2.05, 4.69) is 0 Å². The number of rotatable bonds is 3. The highest BCUT2D eigenvalue weighted by molar-refractivity contribution is 7.89. The molecule has 1 saturated heterocycles. The predicted molar refractivity (Wildman–Crippen MR) is 99.6 cm³/mol. The predicted octanol–water partition coefficient (Wildman–Crippen LogP) is 2.82. The lowest BCUT2D eigenvalue weighted by Crippen LogP contribution is -2.50. The Balaban J connectivity index is 1.72. The zero-order valence-electron chi connectivity index (χ0n) is 14.7. The third-order valence-electron chi connectivity index (χ3n) is 4.70. The highest BCUT2D eigenvalue weighted by atomic mass is 32.2. The maximum atomic E-state index is 12.8. The van der Waals surface area contributed by atoms with Crippen LogP contribution in [0.15, 0.2) is 34.5 Å². The van der Waals surface area contributed by atoms with E-state index in [-0.39, 0.29) is 5.91 Å². The number of piperazine rings is 1. The van der Waals surface area contributed by atoms with Gasteiger partial charge in [0.05, 0.1) is 9.77 Å². The first kappa shape index (κ1) is 18.1. The fraction of sp³-hybridized carbons (Fsp3) is 0.389. The third kappa shape index (κ3) is 3.49. The average molecular weight is 379 g/mol. The van der Waals surface area contributed by atoms with E-state index in [1.54, 1.807) is 17.0 Å². The van der Waals surface area contributed by atoms with Gasteiger partial charge in [0.2, 0.25) is 10.0 Å². The molecule has 0 radical (unpaired) electrons. The van der Waals surface area contributed by atoms with E-state index < -0.39 is 10.0 Å². The minimum atomic E-state index is -3.51. The second-order valence-corrected chi connectivity index (χ2v) is 9.23. The Morgan fingerprint density at radius 1 is 0.960 bits per heavy atom. The second kappa shape index (κ2) is 6.90. The number of amides is 1. The number of hydrogen-bond acceptors (Lipinski definition) is 4. The van der Waals surface area contributed by atoms with Gasteiger partial charge in [-0.3, -0.25) is 4.79 Å². The number of aryl methyl sites for hydroxylation is 3. The minimum absolute atomic E-state index is 0.00396. The van der Waals surface area contributed by atoms with Crippen LogP contribution in [-0.4, -0.2) is 49.7 Å². The van der Waals surface area contributed by atoms with E-state index in [1.165, 1.54) is 15.6 Å². The maximum absolute atomic E-state index is 12.8. The van der Waals surface area contributed by atoms with Gasteiger partial charge in [-0.15, -0.1) is 11.3 Å². The molecule has 2 heterocycles. The van der Waals surface area contributed by atoms with Gasteiger partial charge in [0.1, 0.15) is 0 Å². The van der Waals surface area contributed by atoms with Gasteiger partial charge in [0.15, 0.2) is 0 Å². The molecule has 1 fully saturated rings. The van der Waals surface area contributed by atoms with Crippen molar-refractivity contribution in [2.45, 2.75) is 25.7 Å². The summed E-state index contributed by atoms with van der Waals surface area (Å²) in [6.07, 6.45) is 0. The Morgan fingerprint density at radius 2 is 1.64 bits per heavy atom. The minimum Gasteiger partial charge on any atom is -0.335 e. The molecule has 0 spiro atoms. The molecule has 25 heavy (non-hydrogen) atoms. The van der Waals surface area contributed by atoms with Crippen LogP contribution in [0.2, 0.25) is 0 Å². The monoisotopic (exact) mass is 378 g/mol. The van der Waals surface area contributed by atoms with Crippen molar-refractivity contribution in [2.75, 3.05) is 26.2 Å². The van der Waals surface area contributed by atoms with Crippen LogP contribution in [-0.2, 0) is 10.0 Å². The van der Waals surface area contributed by atoms with Crippen LogP contribution in [0.4, 0.5) is 0 Å². The van der Waals surface area contributed by atoms with E-state index in [0.717, 1.165) is 21.6 Å². The van der Waals surface area contributed by atoms with Crippen LogP contribution < -0.4 is 0 Å². The van der Waals surface area contributed by atoms with Crippen LogP contribution in [0.3, 0.4) is 0 Å². The summed E-state index contributed by atoms with van der Waals surface area (Å²) in [4.78, 5) is 15.4. The van der Waals surface area contributed by atoms with Crippen molar-refractivity contribution in [1.29, 1.82) is 0 Å². The molecule has 0 atom stereocenters. The first-order valence-corrected chi connectivity index (χ1v) is 10.5. The molecule has 2 aromatic rings. The SMILES string of the molecule is Cc1ccc(S(=O)(=O)N2CCN(C(=O)c3sccc3C)CC2)cc1C. The highest BCUT2D eigenvalue weighted by Gasteiger charge is 2.31. The smallest absolute Gasteiger partial charge is 0.264 e. The molecule has 0 bridgehead atoms. The molecule has 1 aliphatic heterocycles. The van der Waals surface area contributed by atoms with Gasteiger partial charge in [0.25, 0.3) is 5.91 Å². The average Bonchev–Trinajstić information content (AvgIpc) is 3.02. The van der Waals surface area contributed by atoms with Gasteiger partial charge in [-0.2, -0.15) is 4.31 Å². The van der Waals surface area contributed by atoms with Gasteiger partial charge in [-0.1, -0.05) is 6.07 Å². The summed E-state index contributed by atoms with van der Waals surface area (Å²) < 4.78 is 27.1. The Labute approximate surface area is 152 Å². The largest absolute Gasteiger partial charge is 0.335 e.